The molecule has 0 aliphatic heterocycles. The van der Waals surface area contributed by atoms with Gasteiger partial charge < -0.3 is 9.76 Å². The van der Waals surface area contributed by atoms with E-state index in [2.05, 4.69) is 4.98 Å². The van der Waals surface area contributed by atoms with Crippen molar-refractivity contribution in [2.24, 2.45) is 0 Å². The zero-order valence-corrected chi connectivity index (χ0v) is 10.7. The van der Waals surface area contributed by atoms with E-state index in [-0.39, 0.29) is 0 Å². The van der Waals surface area contributed by atoms with Crippen molar-refractivity contribution in [3.8, 4) is 0 Å². The van der Waals surface area contributed by atoms with Crippen molar-refractivity contribution in [3.63, 3.8) is 0 Å². The Kier molecular flexibility index (Phi) is 3.99. The number of aliphatic hydroxyl groups is 1. The number of rotatable bonds is 4. The van der Waals surface area contributed by atoms with E-state index in [9.17, 15) is 5.11 Å². The van der Waals surface area contributed by atoms with Gasteiger partial charge in [-0.25, -0.2) is 4.98 Å². The van der Waals surface area contributed by atoms with Crippen LogP contribution in [-0.2, 0) is 4.65 Å². The first-order valence-electron chi connectivity index (χ1n) is 5.08. The van der Waals surface area contributed by atoms with E-state index in [1.54, 1.807) is 32.2 Å². The average molecular weight is 241 g/mol. The van der Waals surface area contributed by atoms with Crippen molar-refractivity contribution < 1.29 is 9.76 Å². The number of hydrogen-bond donors (Lipinski definition) is 1. The van der Waals surface area contributed by atoms with E-state index in [1.807, 2.05) is 13.8 Å². The Labute approximate surface area is 102 Å². The first kappa shape index (κ1) is 13.5. The molecule has 5 heteroatoms. The van der Waals surface area contributed by atoms with Crippen LogP contribution in [-0.4, -0.2) is 28.8 Å². The van der Waals surface area contributed by atoms with E-state index in [4.69, 9.17) is 16.3 Å². The maximum Gasteiger partial charge on any atom is 0.334 e. The maximum absolute atomic E-state index is 9.90. The Morgan fingerprint density at radius 1 is 1.38 bits per heavy atom. The highest BCUT2D eigenvalue weighted by Gasteiger charge is 2.35. The normalized spacial score (nSPS) is 12.6. The molecule has 0 atom stereocenters. The molecule has 16 heavy (non-hydrogen) atoms. The highest BCUT2D eigenvalue weighted by atomic mass is 35.5. The summed E-state index contributed by atoms with van der Waals surface area (Å²) in [7, 11) is 1.52. The minimum absolute atomic E-state index is 0.383. The quantitative estimate of drug-likeness (QED) is 0.641. The SMILES string of the molecule is CC(C)(O)C(C)(C)O[B]c1cccnc1Cl. The predicted octanol–water partition coefficient (Wildman–Crippen LogP) is 1.55. The summed E-state index contributed by atoms with van der Waals surface area (Å²) in [6.45, 7) is 7.03. The summed E-state index contributed by atoms with van der Waals surface area (Å²) in [5.41, 5.74) is -0.953. The molecular weight excluding hydrogens is 224 g/mol. The molecule has 1 aromatic heterocycles. The minimum Gasteiger partial charge on any atom is -0.427 e. The molecule has 1 radical (unpaired) electrons. The molecule has 87 valence electrons. The summed E-state index contributed by atoms with van der Waals surface area (Å²) in [5.74, 6) is 0. The fourth-order valence-electron chi connectivity index (χ4n) is 0.841. The van der Waals surface area contributed by atoms with Gasteiger partial charge in [0, 0.05) is 6.20 Å². The molecule has 3 nitrogen and oxygen atoms in total. The lowest BCUT2D eigenvalue weighted by molar-refractivity contribution is -0.0893. The molecule has 1 rings (SSSR count). The van der Waals surface area contributed by atoms with Crippen LogP contribution in [0.15, 0.2) is 18.3 Å². The highest BCUT2D eigenvalue weighted by molar-refractivity contribution is 6.53. The van der Waals surface area contributed by atoms with Crippen molar-refractivity contribution in [2.45, 2.75) is 38.9 Å². The number of nitrogens with zero attached hydrogens (tertiary/aromatic N) is 1. The molecule has 0 amide bonds. The molecule has 0 unspecified atom stereocenters. The van der Waals surface area contributed by atoms with Crippen LogP contribution in [0.25, 0.3) is 0 Å². The molecule has 0 aliphatic carbocycles. The second-order valence-electron chi connectivity index (χ2n) is 4.69. The van der Waals surface area contributed by atoms with Gasteiger partial charge in [0.15, 0.2) is 0 Å². The predicted molar refractivity (Wildman–Crippen MR) is 66.1 cm³/mol. The first-order chi connectivity index (χ1) is 7.24. The summed E-state index contributed by atoms with van der Waals surface area (Å²) >= 11 is 5.88. The molecule has 0 saturated heterocycles. The fraction of sp³-hybridized carbons (Fsp3) is 0.545. The molecule has 1 N–H and O–H groups in total. The first-order valence-corrected chi connectivity index (χ1v) is 5.46. The van der Waals surface area contributed by atoms with Gasteiger partial charge in [0.1, 0.15) is 5.15 Å². The Bertz CT molecular complexity index is 363. The van der Waals surface area contributed by atoms with Crippen LogP contribution in [0.5, 0.6) is 0 Å². The van der Waals surface area contributed by atoms with E-state index in [1.165, 1.54) is 7.48 Å². The van der Waals surface area contributed by atoms with Gasteiger partial charge in [-0.2, -0.15) is 0 Å². The molecule has 0 saturated carbocycles. The third-order valence-electron chi connectivity index (χ3n) is 2.74. The topological polar surface area (TPSA) is 42.4 Å². The lowest BCUT2D eigenvalue weighted by Crippen LogP contribution is -2.49. The second kappa shape index (κ2) is 4.74. The van der Waals surface area contributed by atoms with Gasteiger partial charge in [-0.05, 0) is 39.2 Å². The van der Waals surface area contributed by atoms with E-state index < -0.39 is 11.2 Å². The Hall–Kier alpha value is -0.575. The standard InChI is InChI=1S/C11H16BClNO2/c1-10(2,15)11(3,4)16-12-8-6-5-7-14-9(8)13/h5-7,15H,1-4H3. The number of aromatic nitrogens is 1. The minimum atomic E-state index is -0.946. The van der Waals surface area contributed by atoms with Crippen molar-refractivity contribution >= 4 is 24.5 Å². The molecule has 0 bridgehead atoms. The van der Waals surface area contributed by atoms with Crippen molar-refractivity contribution in [1.82, 2.24) is 4.98 Å². The van der Waals surface area contributed by atoms with Crippen LogP contribution in [0.3, 0.4) is 0 Å². The van der Waals surface area contributed by atoms with Crippen LogP contribution < -0.4 is 5.46 Å². The van der Waals surface area contributed by atoms with E-state index in [0.717, 1.165) is 0 Å². The molecule has 1 heterocycles. The molecule has 1 aromatic rings. The van der Waals surface area contributed by atoms with Gasteiger partial charge in [-0.3, -0.25) is 0 Å². The van der Waals surface area contributed by atoms with Crippen LogP contribution in [0.2, 0.25) is 5.15 Å². The van der Waals surface area contributed by atoms with Crippen LogP contribution in [0, 0.1) is 0 Å². The number of halogens is 1. The Balaban J connectivity index is 2.69. The summed E-state index contributed by atoms with van der Waals surface area (Å²) in [5, 5.41) is 10.3. The Morgan fingerprint density at radius 3 is 2.50 bits per heavy atom. The Morgan fingerprint density at radius 2 is 2.00 bits per heavy atom. The summed E-state index contributed by atoms with van der Waals surface area (Å²) < 4.78 is 5.56. The fourth-order valence-corrected chi connectivity index (χ4v) is 1.01. The molecular formula is C11H16BClNO2. The van der Waals surface area contributed by atoms with E-state index in [0.29, 0.717) is 10.6 Å². The van der Waals surface area contributed by atoms with Gasteiger partial charge in [0.2, 0.25) is 0 Å². The molecule has 0 spiro atoms. The summed E-state index contributed by atoms with van der Waals surface area (Å²) in [6, 6.07) is 3.58. The smallest absolute Gasteiger partial charge is 0.334 e. The monoisotopic (exact) mass is 240 g/mol. The number of hydrogen-bond acceptors (Lipinski definition) is 3. The third kappa shape index (κ3) is 3.21. The van der Waals surface area contributed by atoms with Gasteiger partial charge in [0.25, 0.3) is 0 Å². The molecule has 0 aliphatic rings. The summed E-state index contributed by atoms with van der Waals surface area (Å²) in [4.78, 5) is 3.93. The zero-order valence-electron chi connectivity index (χ0n) is 9.99. The van der Waals surface area contributed by atoms with Crippen molar-refractivity contribution in [1.29, 1.82) is 0 Å². The van der Waals surface area contributed by atoms with Crippen LogP contribution in [0.1, 0.15) is 27.7 Å². The lowest BCUT2D eigenvalue weighted by atomic mass is 9.83. The largest absolute Gasteiger partial charge is 0.427 e. The second-order valence-corrected chi connectivity index (χ2v) is 5.05. The van der Waals surface area contributed by atoms with E-state index >= 15 is 0 Å². The van der Waals surface area contributed by atoms with Gasteiger partial charge >= 0.3 is 7.48 Å². The number of pyridine rings is 1. The summed E-state index contributed by atoms with van der Waals surface area (Å²) in [6.07, 6.45) is 1.61. The molecule has 0 aromatic carbocycles. The maximum atomic E-state index is 9.90. The average Bonchev–Trinajstić information content (AvgIpc) is 2.15. The third-order valence-corrected chi connectivity index (χ3v) is 3.06. The van der Waals surface area contributed by atoms with Gasteiger partial charge in [0.05, 0.1) is 11.2 Å². The van der Waals surface area contributed by atoms with Crippen LogP contribution in [0.4, 0.5) is 0 Å². The lowest BCUT2D eigenvalue weighted by Gasteiger charge is -2.37. The highest BCUT2D eigenvalue weighted by Crippen LogP contribution is 2.24. The van der Waals surface area contributed by atoms with Gasteiger partial charge in [-0.1, -0.05) is 17.7 Å². The van der Waals surface area contributed by atoms with Crippen LogP contribution >= 0.6 is 11.6 Å². The van der Waals surface area contributed by atoms with Crippen molar-refractivity contribution in [2.75, 3.05) is 0 Å². The molecule has 0 fully saturated rings. The van der Waals surface area contributed by atoms with Crippen molar-refractivity contribution in [3.05, 3.63) is 23.5 Å². The van der Waals surface area contributed by atoms with Gasteiger partial charge in [-0.15, -0.1) is 0 Å². The zero-order chi connectivity index (χ0) is 12.4.